The summed E-state index contributed by atoms with van der Waals surface area (Å²) >= 11 is 3.17. The third-order valence-electron chi connectivity index (χ3n) is 6.88. The molecule has 0 bridgehead atoms. The zero-order valence-corrected chi connectivity index (χ0v) is 24.6. The molecule has 2 amide bonds. The molecular formula is C33H24INO4S. The Bertz CT molecular complexity index is 1810. The highest BCUT2D eigenvalue weighted by molar-refractivity contribution is 14.1. The first kappa shape index (κ1) is 26.4. The van der Waals surface area contributed by atoms with Crippen LogP contribution in [-0.4, -0.2) is 23.2 Å². The maximum Gasteiger partial charge on any atom is 0.293 e. The Morgan fingerprint density at radius 1 is 0.825 bits per heavy atom. The molecular weight excluding hydrogens is 633 g/mol. The second-order valence-corrected chi connectivity index (χ2v) is 11.5. The first-order valence-corrected chi connectivity index (χ1v) is 14.6. The Kier molecular flexibility index (Phi) is 7.49. The first-order chi connectivity index (χ1) is 19.5. The van der Waals surface area contributed by atoms with Crippen LogP contribution in [0.2, 0.25) is 0 Å². The van der Waals surface area contributed by atoms with Gasteiger partial charge in [-0.2, -0.15) is 0 Å². The van der Waals surface area contributed by atoms with Crippen LogP contribution in [0.4, 0.5) is 4.79 Å². The first-order valence-electron chi connectivity index (χ1n) is 12.7. The lowest BCUT2D eigenvalue weighted by Crippen LogP contribution is -2.27. The monoisotopic (exact) mass is 657 g/mol. The lowest BCUT2D eigenvalue weighted by Gasteiger charge is -2.15. The van der Waals surface area contributed by atoms with Crippen molar-refractivity contribution in [3.63, 3.8) is 0 Å². The lowest BCUT2D eigenvalue weighted by molar-refractivity contribution is -0.123. The van der Waals surface area contributed by atoms with E-state index in [9.17, 15) is 9.59 Å². The van der Waals surface area contributed by atoms with E-state index in [0.717, 1.165) is 53.6 Å². The summed E-state index contributed by atoms with van der Waals surface area (Å²) in [5.41, 5.74) is 2.78. The largest absolute Gasteiger partial charge is 0.493 e. The molecule has 0 atom stereocenters. The summed E-state index contributed by atoms with van der Waals surface area (Å²) in [6.45, 7) is 0.616. The summed E-state index contributed by atoms with van der Waals surface area (Å²) in [6, 6.07) is 32.1. The fourth-order valence-corrected chi connectivity index (χ4v) is 6.54. The number of hydrogen-bond acceptors (Lipinski definition) is 5. The maximum absolute atomic E-state index is 13.3. The number of methoxy groups -OCH3 is 1. The Morgan fingerprint density at radius 2 is 1.45 bits per heavy atom. The number of imide groups is 1. The van der Waals surface area contributed by atoms with Crippen LogP contribution in [0.15, 0.2) is 102 Å². The van der Waals surface area contributed by atoms with Gasteiger partial charge in [0.25, 0.3) is 11.1 Å². The summed E-state index contributed by atoms with van der Waals surface area (Å²) in [5, 5.41) is 4.14. The SMILES string of the molecule is COc1cc(/C=C2/SC(=O)N(Cc3cccc4ccccc34)C2=O)cc(I)c1OCc1cccc2ccccc12. The number of halogens is 1. The molecule has 40 heavy (non-hydrogen) atoms. The van der Waals surface area contributed by atoms with E-state index in [-0.39, 0.29) is 17.7 Å². The number of rotatable bonds is 7. The normalized spacial score (nSPS) is 14.4. The molecule has 1 heterocycles. The number of fused-ring (bicyclic) bond motifs is 2. The van der Waals surface area contributed by atoms with E-state index in [1.54, 1.807) is 13.2 Å². The Labute approximate surface area is 249 Å². The van der Waals surface area contributed by atoms with Gasteiger partial charge in [0.15, 0.2) is 11.5 Å². The molecule has 5 aromatic rings. The van der Waals surface area contributed by atoms with E-state index in [1.165, 1.54) is 4.90 Å². The predicted octanol–water partition coefficient (Wildman–Crippen LogP) is 8.42. The number of benzene rings is 5. The molecule has 198 valence electrons. The van der Waals surface area contributed by atoms with Crippen LogP contribution in [0.5, 0.6) is 11.5 Å². The van der Waals surface area contributed by atoms with Crippen molar-refractivity contribution in [3.05, 3.63) is 122 Å². The van der Waals surface area contributed by atoms with Crippen molar-refractivity contribution in [1.82, 2.24) is 4.90 Å². The Hall–Kier alpha value is -3.82. The average Bonchev–Trinajstić information content (AvgIpc) is 3.23. The molecule has 0 unspecified atom stereocenters. The van der Waals surface area contributed by atoms with Gasteiger partial charge in [-0.05, 0) is 90.8 Å². The standard InChI is InChI=1S/C33H24INO4S/c1-38-29-17-21(16-28(34)31(29)39-20-25-13-7-11-23-9-3-5-15-27(23)25)18-30-32(36)35(33(37)40-30)19-24-12-6-10-22-8-2-4-14-26(22)24/h2-18H,19-20H2,1H3/b30-18+. The minimum Gasteiger partial charge on any atom is -0.493 e. The van der Waals surface area contributed by atoms with Gasteiger partial charge < -0.3 is 9.47 Å². The molecule has 6 rings (SSSR count). The van der Waals surface area contributed by atoms with Gasteiger partial charge >= 0.3 is 0 Å². The maximum atomic E-state index is 13.3. The zero-order valence-electron chi connectivity index (χ0n) is 21.6. The summed E-state index contributed by atoms with van der Waals surface area (Å²) in [5.74, 6) is 0.902. The van der Waals surface area contributed by atoms with E-state index in [0.29, 0.717) is 23.0 Å². The number of hydrogen-bond donors (Lipinski definition) is 0. The molecule has 1 saturated heterocycles. The van der Waals surface area contributed by atoms with E-state index in [4.69, 9.17) is 9.47 Å². The molecule has 0 aromatic heterocycles. The van der Waals surface area contributed by atoms with Crippen molar-refractivity contribution in [3.8, 4) is 11.5 Å². The van der Waals surface area contributed by atoms with Gasteiger partial charge in [-0.25, -0.2) is 0 Å². The van der Waals surface area contributed by atoms with Crippen LogP contribution in [0.25, 0.3) is 27.6 Å². The van der Waals surface area contributed by atoms with Gasteiger partial charge in [0.1, 0.15) is 6.61 Å². The lowest BCUT2D eigenvalue weighted by atomic mass is 10.0. The highest BCUT2D eigenvalue weighted by Gasteiger charge is 2.35. The number of nitrogens with zero attached hydrogens (tertiary/aromatic N) is 1. The minimum atomic E-state index is -0.298. The van der Waals surface area contributed by atoms with Crippen molar-refractivity contribution in [2.24, 2.45) is 0 Å². The van der Waals surface area contributed by atoms with Crippen LogP contribution in [0, 0.1) is 3.57 Å². The summed E-state index contributed by atoms with van der Waals surface area (Å²) in [7, 11) is 1.60. The third kappa shape index (κ3) is 5.19. The van der Waals surface area contributed by atoms with Gasteiger partial charge in [-0.1, -0.05) is 84.9 Å². The van der Waals surface area contributed by atoms with Crippen LogP contribution in [-0.2, 0) is 17.9 Å². The van der Waals surface area contributed by atoms with Crippen LogP contribution in [0.1, 0.15) is 16.7 Å². The molecule has 5 aromatic carbocycles. The van der Waals surface area contributed by atoms with Crippen molar-refractivity contribution in [1.29, 1.82) is 0 Å². The van der Waals surface area contributed by atoms with E-state index >= 15 is 0 Å². The molecule has 0 saturated carbocycles. The number of carbonyl (C=O) groups is 2. The fourth-order valence-electron chi connectivity index (χ4n) is 4.92. The van der Waals surface area contributed by atoms with Gasteiger partial charge in [0.2, 0.25) is 0 Å². The third-order valence-corrected chi connectivity index (χ3v) is 8.59. The molecule has 0 N–H and O–H groups in total. The number of carbonyl (C=O) groups excluding carboxylic acids is 2. The van der Waals surface area contributed by atoms with E-state index in [2.05, 4.69) is 46.9 Å². The molecule has 1 fully saturated rings. The van der Waals surface area contributed by atoms with Crippen LogP contribution < -0.4 is 9.47 Å². The highest BCUT2D eigenvalue weighted by Crippen LogP contribution is 2.38. The highest BCUT2D eigenvalue weighted by atomic mass is 127. The average molecular weight is 658 g/mol. The summed E-state index contributed by atoms with van der Waals surface area (Å²) in [4.78, 5) is 27.8. The smallest absolute Gasteiger partial charge is 0.293 e. The van der Waals surface area contributed by atoms with Gasteiger partial charge in [-0.3, -0.25) is 14.5 Å². The van der Waals surface area contributed by atoms with E-state index in [1.807, 2.05) is 72.8 Å². The van der Waals surface area contributed by atoms with Crippen molar-refractivity contribution in [2.45, 2.75) is 13.2 Å². The fraction of sp³-hybridized carbons (Fsp3) is 0.0909. The van der Waals surface area contributed by atoms with E-state index < -0.39 is 0 Å². The topological polar surface area (TPSA) is 55.8 Å². The molecule has 1 aliphatic heterocycles. The van der Waals surface area contributed by atoms with Crippen molar-refractivity contribution in [2.75, 3.05) is 7.11 Å². The summed E-state index contributed by atoms with van der Waals surface area (Å²) in [6.07, 6.45) is 1.74. The van der Waals surface area contributed by atoms with Gasteiger partial charge in [0, 0.05) is 0 Å². The van der Waals surface area contributed by atoms with Gasteiger partial charge in [-0.15, -0.1) is 0 Å². The van der Waals surface area contributed by atoms with Crippen LogP contribution in [0.3, 0.4) is 0 Å². The number of amides is 2. The predicted molar refractivity (Wildman–Crippen MR) is 169 cm³/mol. The molecule has 0 spiro atoms. The zero-order chi connectivity index (χ0) is 27.6. The molecule has 0 aliphatic carbocycles. The molecule has 1 aliphatic rings. The second kappa shape index (κ2) is 11.3. The Balaban J connectivity index is 1.23. The second-order valence-electron chi connectivity index (χ2n) is 9.37. The van der Waals surface area contributed by atoms with Crippen molar-refractivity contribution >= 4 is 73.1 Å². The Morgan fingerprint density at radius 3 is 2.15 bits per heavy atom. The van der Waals surface area contributed by atoms with Crippen LogP contribution >= 0.6 is 34.4 Å². The minimum absolute atomic E-state index is 0.227. The number of ether oxygens (including phenoxy) is 2. The molecule has 5 nitrogen and oxygen atoms in total. The quantitative estimate of drug-likeness (QED) is 0.130. The summed E-state index contributed by atoms with van der Waals surface area (Å²) < 4.78 is 12.8. The number of thioether (sulfide) groups is 1. The molecule has 0 radical (unpaired) electrons. The van der Waals surface area contributed by atoms with Crippen molar-refractivity contribution < 1.29 is 19.1 Å². The molecule has 7 heteroatoms. The van der Waals surface area contributed by atoms with Gasteiger partial charge in [0.05, 0.1) is 22.1 Å².